The summed E-state index contributed by atoms with van der Waals surface area (Å²) in [4.78, 5) is 22.1. The van der Waals surface area contributed by atoms with E-state index in [9.17, 15) is 10.1 Å². The smallest absolute Gasteiger partial charge is 0.269 e. The summed E-state index contributed by atoms with van der Waals surface area (Å²) in [5, 5.41) is 12.8. The van der Waals surface area contributed by atoms with Crippen LogP contribution in [0.3, 0.4) is 0 Å². The molecule has 0 aliphatic heterocycles. The summed E-state index contributed by atoms with van der Waals surface area (Å²) in [5.74, 6) is 0.234. The topological polar surface area (TPSA) is 131 Å². The van der Waals surface area contributed by atoms with E-state index in [4.69, 9.17) is 11.5 Å². The number of thiophene rings is 1. The van der Waals surface area contributed by atoms with Crippen LogP contribution in [-0.2, 0) is 0 Å². The number of nitrogen functional groups attached to an aromatic ring is 2. The maximum Gasteiger partial charge on any atom is 0.269 e. The number of carbonyl (C=O) groups is 1. The quantitative estimate of drug-likeness (QED) is 0.651. The lowest BCUT2D eigenvalue weighted by molar-refractivity contribution is 0.103. The van der Waals surface area contributed by atoms with E-state index < -0.39 is 0 Å². The molecule has 3 aromatic heterocycles. The maximum absolute atomic E-state index is 12.7. The fourth-order valence-corrected chi connectivity index (χ4v) is 3.86. The van der Waals surface area contributed by atoms with Crippen molar-refractivity contribution in [2.75, 3.05) is 16.8 Å². The van der Waals surface area contributed by atoms with Gasteiger partial charge in [0.05, 0.1) is 11.3 Å². The second kappa shape index (κ2) is 6.61. The zero-order valence-electron chi connectivity index (χ0n) is 14.6. The highest BCUT2D eigenvalue weighted by Gasteiger charge is 2.24. The van der Waals surface area contributed by atoms with Crippen LogP contribution in [0, 0.1) is 18.3 Å². The average Bonchev–Trinajstić information content (AvgIpc) is 2.89. The molecule has 0 saturated carbocycles. The van der Waals surface area contributed by atoms with E-state index in [1.165, 1.54) is 0 Å². The van der Waals surface area contributed by atoms with Crippen LogP contribution in [0.1, 0.15) is 46.3 Å². The molecule has 3 aromatic rings. The van der Waals surface area contributed by atoms with Crippen molar-refractivity contribution in [2.24, 2.45) is 0 Å². The van der Waals surface area contributed by atoms with Gasteiger partial charge < -0.3 is 16.8 Å². The minimum absolute atomic E-state index is 0.00343. The molecule has 0 fully saturated rings. The molecule has 3 rings (SSSR count). The molecule has 0 radical (unpaired) electrons. The molecule has 0 bridgehead atoms. The Labute approximate surface area is 154 Å². The predicted molar refractivity (Wildman–Crippen MR) is 104 cm³/mol. The standard InChI is InChI=1S/C18H18N6OS/c1-8(2)12-10(7-19)16(21)24-18-13(12)14(20)15(26-18)17(25)23-11-6-4-5-9(3)22-11/h4-6,8H,20H2,1-3H3,(H2,21,24)(H,22,23,25). The SMILES string of the molecule is Cc1cccc(NC(=O)c2sc3nc(N)c(C#N)c(C(C)C)c3c2N)n1. The second-order valence-corrected chi connectivity index (χ2v) is 7.19. The van der Waals surface area contributed by atoms with Crippen LogP contribution in [0.5, 0.6) is 0 Å². The number of hydrogen-bond donors (Lipinski definition) is 3. The van der Waals surface area contributed by atoms with E-state index in [0.29, 0.717) is 32.2 Å². The fourth-order valence-electron chi connectivity index (χ4n) is 2.85. The zero-order chi connectivity index (χ0) is 19.0. The first-order valence-electron chi connectivity index (χ1n) is 8.00. The number of pyridine rings is 2. The molecule has 0 saturated heterocycles. The average molecular weight is 366 g/mol. The van der Waals surface area contributed by atoms with E-state index >= 15 is 0 Å². The van der Waals surface area contributed by atoms with E-state index in [1.807, 2.05) is 32.9 Å². The molecular weight excluding hydrogens is 348 g/mol. The third kappa shape index (κ3) is 2.93. The number of nitriles is 1. The van der Waals surface area contributed by atoms with Gasteiger partial charge in [0.1, 0.15) is 27.4 Å². The highest BCUT2D eigenvalue weighted by atomic mass is 32.1. The van der Waals surface area contributed by atoms with Crippen molar-refractivity contribution in [1.82, 2.24) is 9.97 Å². The number of fused-ring (bicyclic) bond motifs is 1. The molecule has 0 aliphatic carbocycles. The van der Waals surface area contributed by atoms with Gasteiger partial charge in [0.2, 0.25) is 0 Å². The van der Waals surface area contributed by atoms with Crippen molar-refractivity contribution in [3.8, 4) is 6.07 Å². The van der Waals surface area contributed by atoms with E-state index in [0.717, 1.165) is 22.6 Å². The van der Waals surface area contributed by atoms with Crippen LogP contribution in [0.2, 0.25) is 0 Å². The summed E-state index contributed by atoms with van der Waals surface area (Å²) in [5.41, 5.74) is 14.3. The van der Waals surface area contributed by atoms with Gasteiger partial charge in [0, 0.05) is 11.1 Å². The number of amides is 1. The minimum atomic E-state index is -0.365. The number of rotatable bonds is 3. The predicted octanol–water partition coefficient (Wildman–Crippen LogP) is 3.41. The van der Waals surface area contributed by atoms with Crippen LogP contribution < -0.4 is 16.8 Å². The van der Waals surface area contributed by atoms with Gasteiger partial charge in [-0.15, -0.1) is 11.3 Å². The number of anilines is 3. The van der Waals surface area contributed by atoms with Gasteiger partial charge in [-0.25, -0.2) is 9.97 Å². The molecule has 0 aliphatic rings. The van der Waals surface area contributed by atoms with Crippen molar-refractivity contribution in [3.05, 3.63) is 39.9 Å². The minimum Gasteiger partial charge on any atom is -0.397 e. The number of nitrogens with zero attached hydrogens (tertiary/aromatic N) is 3. The van der Waals surface area contributed by atoms with Gasteiger partial charge in [-0.3, -0.25) is 4.79 Å². The molecule has 8 heteroatoms. The van der Waals surface area contributed by atoms with Crippen LogP contribution in [0.15, 0.2) is 18.2 Å². The lowest BCUT2D eigenvalue weighted by Crippen LogP contribution is -2.13. The number of carbonyl (C=O) groups excluding carboxylic acids is 1. The second-order valence-electron chi connectivity index (χ2n) is 6.20. The lowest BCUT2D eigenvalue weighted by atomic mass is 9.95. The number of aryl methyl sites for hydroxylation is 1. The zero-order valence-corrected chi connectivity index (χ0v) is 15.4. The van der Waals surface area contributed by atoms with Crippen LogP contribution in [0.4, 0.5) is 17.3 Å². The number of hydrogen-bond acceptors (Lipinski definition) is 7. The molecule has 3 heterocycles. The lowest BCUT2D eigenvalue weighted by Gasteiger charge is -2.12. The largest absolute Gasteiger partial charge is 0.397 e. The van der Waals surface area contributed by atoms with Crippen LogP contribution >= 0.6 is 11.3 Å². The van der Waals surface area contributed by atoms with E-state index in [1.54, 1.807) is 6.07 Å². The first-order valence-corrected chi connectivity index (χ1v) is 8.81. The number of aromatic nitrogens is 2. The highest BCUT2D eigenvalue weighted by Crippen LogP contribution is 2.40. The Bertz CT molecular complexity index is 1060. The van der Waals surface area contributed by atoms with Crippen molar-refractivity contribution < 1.29 is 4.79 Å². The summed E-state index contributed by atoms with van der Waals surface area (Å²) in [6.07, 6.45) is 0. The van der Waals surface area contributed by atoms with Crippen molar-refractivity contribution in [3.63, 3.8) is 0 Å². The maximum atomic E-state index is 12.7. The third-order valence-corrected chi connectivity index (χ3v) is 5.07. The fraction of sp³-hybridized carbons (Fsp3) is 0.222. The van der Waals surface area contributed by atoms with Gasteiger partial charge >= 0.3 is 0 Å². The molecule has 1 amide bonds. The van der Waals surface area contributed by atoms with Crippen LogP contribution in [0.25, 0.3) is 10.2 Å². The molecule has 0 aromatic carbocycles. The monoisotopic (exact) mass is 366 g/mol. The van der Waals surface area contributed by atoms with Crippen molar-refractivity contribution >= 4 is 44.8 Å². The molecule has 26 heavy (non-hydrogen) atoms. The Morgan fingerprint density at radius 3 is 2.65 bits per heavy atom. The first-order chi connectivity index (χ1) is 12.3. The Morgan fingerprint density at radius 2 is 2.04 bits per heavy atom. The Balaban J connectivity index is 2.14. The molecule has 5 N–H and O–H groups in total. The molecule has 132 valence electrons. The first kappa shape index (κ1) is 17.6. The number of nitrogens with one attached hydrogen (secondary N) is 1. The highest BCUT2D eigenvalue weighted by molar-refractivity contribution is 7.21. The Morgan fingerprint density at radius 1 is 1.31 bits per heavy atom. The number of nitrogens with two attached hydrogens (primary N) is 2. The van der Waals surface area contributed by atoms with Gasteiger partial charge in [0.25, 0.3) is 5.91 Å². The molecule has 0 atom stereocenters. The summed E-state index contributed by atoms with van der Waals surface area (Å²) < 4.78 is 0. The van der Waals surface area contributed by atoms with Gasteiger partial charge in [-0.2, -0.15) is 5.26 Å². The Kier molecular flexibility index (Phi) is 4.49. The van der Waals surface area contributed by atoms with E-state index in [-0.39, 0.29) is 17.6 Å². The summed E-state index contributed by atoms with van der Waals surface area (Å²) in [6.45, 7) is 5.74. The molecule has 0 spiro atoms. The molecule has 0 unspecified atom stereocenters. The summed E-state index contributed by atoms with van der Waals surface area (Å²) in [6, 6.07) is 7.46. The van der Waals surface area contributed by atoms with Crippen LogP contribution in [-0.4, -0.2) is 15.9 Å². The van der Waals surface area contributed by atoms with Gasteiger partial charge in [-0.05, 0) is 30.5 Å². The molecule has 7 nitrogen and oxygen atoms in total. The summed E-state index contributed by atoms with van der Waals surface area (Å²) in [7, 11) is 0. The third-order valence-electron chi connectivity index (χ3n) is 3.97. The van der Waals surface area contributed by atoms with Gasteiger partial charge in [0.15, 0.2) is 0 Å². The van der Waals surface area contributed by atoms with Gasteiger partial charge in [-0.1, -0.05) is 19.9 Å². The Hall–Kier alpha value is -3.18. The van der Waals surface area contributed by atoms with E-state index in [2.05, 4.69) is 21.4 Å². The molecular formula is C18H18N6OS. The van der Waals surface area contributed by atoms with Crippen molar-refractivity contribution in [1.29, 1.82) is 5.26 Å². The summed E-state index contributed by atoms with van der Waals surface area (Å²) >= 11 is 1.16. The normalized spacial score (nSPS) is 10.9. The van der Waals surface area contributed by atoms with Crippen molar-refractivity contribution in [2.45, 2.75) is 26.7 Å².